The van der Waals surface area contributed by atoms with Gasteiger partial charge >= 0.3 is 12.1 Å². The van der Waals surface area contributed by atoms with Gasteiger partial charge in [0.05, 0.1) is 12.2 Å². The van der Waals surface area contributed by atoms with Crippen LogP contribution in [0.15, 0.2) is 11.4 Å². The molecule has 1 atom stereocenters. The molecule has 0 fully saturated rings. The Labute approximate surface area is 114 Å². The Bertz CT molecular complexity index is 429. The van der Waals surface area contributed by atoms with E-state index >= 15 is 0 Å². The Hall–Kier alpha value is -0.970. The highest BCUT2D eigenvalue weighted by atomic mass is 32.2. The lowest BCUT2D eigenvalue weighted by Gasteiger charge is -2.01. The highest BCUT2D eigenvalue weighted by Gasteiger charge is 2.32. The zero-order chi connectivity index (χ0) is 15.1. The number of hydrogen-bond donors (Lipinski definition) is 1. The van der Waals surface area contributed by atoms with Crippen molar-refractivity contribution in [3.63, 3.8) is 0 Å². The average molecular weight is 318 g/mol. The number of rotatable bonds is 3. The smallest absolute Gasteiger partial charge is 0.417 e. The van der Waals surface area contributed by atoms with Crippen LogP contribution >= 0.6 is 11.3 Å². The van der Waals surface area contributed by atoms with E-state index in [9.17, 15) is 18.0 Å². The van der Waals surface area contributed by atoms with Crippen LogP contribution in [0.25, 0.3) is 0 Å². The molecule has 0 aliphatic rings. The minimum absolute atomic E-state index is 0.0178. The number of ether oxygens (including phenoxy) is 1. The van der Waals surface area contributed by atoms with Crippen molar-refractivity contribution in [3.05, 3.63) is 21.9 Å². The van der Waals surface area contributed by atoms with Crippen molar-refractivity contribution < 1.29 is 31.5 Å². The van der Waals surface area contributed by atoms with E-state index in [0.717, 1.165) is 22.8 Å². The minimum atomic E-state index is -4.40. The second-order valence-electron chi connectivity index (χ2n) is 3.09. The molecule has 1 aromatic rings. The van der Waals surface area contributed by atoms with Crippen LogP contribution in [0, 0.1) is 0 Å². The molecule has 5 nitrogen and oxygen atoms in total. The van der Waals surface area contributed by atoms with Crippen LogP contribution in [0.3, 0.4) is 0 Å². The third kappa shape index (κ3) is 7.93. The highest BCUT2D eigenvalue weighted by Crippen LogP contribution is 2.32. The van der Waals surface area contributed by atoms with E-state index in [-0.39, 0.29) is 11.5 Å². The summed E-state index contributed by atoms with van der Waals surface area (Å²) in [6.45, 7) is 2.03. The molecule has 1 heterocycles. The van der Waals surface area contributed by atoms with Gasteiger partial charge in [-0.1, -0.05) is 6.92 Å². The molecule has 0 radical (unpaired) electrons. The third-order valence-corrected chi connectivity index (χ3v) is 2.48. The normalized spacial score (nSPS) is 12.3. The van der Waals surface area contributed by atoms with Crippen LogP contribution in [0.2, 0.25) is 0 Å². The predicted octanol–water partition coefficient (Wildman–Crippen LogP) is 2.07. The zero-order valence-corrected chi connectivity index (χ0v) is 11.4. The summed E-state index contributed by atoms with van der Waals surface area (Å²) < 4.78 is 58.8. The van der Waals surface area contributed by atoms with Gasteiger partial charge in [0.1, 0.15) is 4.88 Å². The molecule has 0 saturated carbocycles. The molecule has 10 heteroatoms. The van der Waals surface area contributed by atoms with E-state index in [1.807, 2.05) is 6.92 Å². The van der Waals surface area contributed by atoms with Crippen LogP contribution in [0.1, 0.15) is 28.6 Å². The lowest BCUT2D eigenvalue weighted by Crippen LogP contribution is -2.05. The predicted molar refractivity (Wildman–Crippen MR) is 63.0 cm³/mol. The van der Waals surface area contributed by atoms with Crippen molar-refractivity contribution in [1.29, 1.82) is 0 Å². The molecule has 110 valence electrons. The SMILES string of the molecule is CCCOC(=O)c1cc(C(F)(F)F)cs1.NS(=O)[O-]. The lowest BCUT2D eigenvalue weighted by atomic mass is 10.3. The van der Waals surface area contributed by atoms with E-state index in [2.05, 4.69) is 5.14 Å². The van der Waals surface area contributed by atoms with Crippen molar-refractivity contribution in [2.75, 3.05) is 6.61 Å². The third-order valence-electron chi connectivity index (χ3n) is 1.57. The number of esters is 1. The summed E-state index contributed by atoms with van der Waals surface area (Å²) in [6.07, 6.45) is -3.76. The molecule has 1 unspecified atom stereocenters. The fraction of sp³-hybridized carbons (Fsp3) is 0.444. The van der Waals surface area contributed by atoms with E-state index < -0.39 is 29.0 Å². The van der Waals surface area contributed by atoms with E-state index in [0.29, 0.717) is 6.42 Å². The molecule has 0 bridgehead atoms. The fourth-order valence-electron chi connectivity index (χ4n) is 0.858. The molecule has 0 amide bonds. The summed E-state index contributed by atoms with van der Waals surface area (Å²) in [5, 5.41) is 4.93. The van der Waals surface area contributed by atoms with Gasteiger partial charge in [0.2, 0.25) is 0 Å². The monoisotopic (exact) mass is 318 g/mol. The molecular weight excluding hydrogens is 307 g/mol. The van der Waals surface area contributed by atoms with Crippen molar-refractivity contribution in [2.24, 2.45) is 5.14 Å². The van der Waals surface area contributed by atoms with Crippen molar-refractivity contribution in [1.82, 2.24) is 0 Å². The van der Waals surface area contributed by atoms with Crippen molar-refractivity contribution in [2.45, 2.75) is 19.5 Å². The van der Waals surface area contributed by atoms with E-state index in [1.165, 1.54) is 0 Å². The Morgan fingerprint density at radius 3 is 2.47 bits per heavy atom. The zero-order valence-electron chi connectivity index (χ0n) is 9.73. The maximum Gasteiger partial charge on any atom is 0.417 e. The van der Waals surface area contributed by atoms with Crippen LogP contribution in [0.5, 0.6) is 0 Å². The van der Waals surface area contributed by atoms with Gasteiger partial charge in [-0.2, -0.15) is 13.2 Å². The minimum Gasteiger partial charge on any atom is -0.760 e. The number of nitrogens with two attached hydrogens (primary N) is 1. The number of halogens is 3. The van der Waals surface area contributed by atoms with Gasteiger partial charge in [-0.05, 0) is 12.5 Å². The van der Waals surface area contributed by atoms with Crippen molar-refractivity contribution in [3.8, 4) is 0 Å². The number of hydrogen-bond acceptors (Lipinski definition) is 5. The number of thiophene rings is 1. The van der Waals surface area contributed by atoms with Gasteiger partial charge in [-0.25, -0.2) is 4.79 Å². The number of alkyl halides is 3. The fourth-order valence-corrected chi connectivity index (χ4v) is 1.66. The molecule has 19 heavy (non-hydrogen) atoms. The lowest BCUT2D eigenvalue weighted by molar-refractivity contribution is -0.137. The Kier molecular flexibility index (Phi) is 7.83. The van der Waals surface area contributed by atoms with Crippen LogP contribution in [0.4, 0.5) is 13.2 Å². The van der Waals surface area contributed by atoms with E-state index in [1.54, 1.807) is 0 Å². The van der Waals surface area contributed by atoms with Crippen molar-refractivity contribution >= 4 is 28.6 Å². The summed E-state index contributed by atoms with van der Waals surface area (Å²) in [4.78, 5) is 11.1. The molecule has 1 rings (SSSR count). The molecule has 0 aliphatic carbocycles. The first-order valence-electron chi connectivity index (χ1n) is 4.85. The number of carbonyl (C=O) groups is 1. The molecular formula is C9H11F3NO4S2-. The Balaban J connectivity index is 0.000000711. The van der Waals surface area contributed by atoms with Gasteiger partial charge in [0.15, 0.2) is 0 Å². The molecule has 2 N–H and O–H groups in total. The van der Waals surface area contributed by atoms with Gasteiger partial charge in [-0.3, -0.25) is 9.35 Å². The van der Waals surface area contributed by atoms with Gasteiger partial charge in [0.25, 0.3) is 0 Å². The van der Waals surface area contributed by atoms with Crippen LogP contribution in [-0.2, 0) is 22.2 Å². The van der Waals surface area contributed by atoms with Crippen LogP contribution < -0.4 is 5.14 Å². The first-order valence-corrected chi connectivity index (χ1v) is 6.86. The molecule has 0 aliphatic heterocycles. The second kappa shape index (κ2) is 8.25. The summed E-state index contributed by atoms with van der Waals surface area (Å²) >= 11 is -1.62. The molecule has 0 saturated heterocycles. The quantitative estimate of drug-likeness (QED) is 0.682. The summed E-state index contributed by atoms with van der Waals surface area (Å²) in [5.74, 6) is -0.697. The van der Waals surface area contributed by atoms with E-state index in [4.69, 9.17) is 13.5 Å². The average Bonchev–Trinajstić information content (AvgIpc) is 2.73. The maximum atomic E-state index is 12.2. The second-order valence-corrected chi connectivity index (χ2v) is 4.53. The first-order chi connectivity index (χ1) is 8.68. The Morgan fingerprint density at radius 1 is 1.58 bits per heavy atom. The van der Waals surface area contributed by atoms with Gasteiger partial charge < -0.3 is 9.29 Å². The van der Waals surface area contributed by atoms with Crippen LogP contribution in [-0.4, -0.2) is 21.3 Å². The summed E-state index contributed by atoms with van der Waals surface area (Å²) in [7, 11) is 0. The molecule has 1 aromatic heterocycles. The topological polar surface area (TPSA) is 92.5 Å². The Morgan fingerprint density at radius 2 is 2.11 bits per heavy atom. The first kappa shape index (κ1) is 18.0. The summed E-state index contributed by atoms with van der Waals surface area (Å²) in [6, 6.07) is 0.808. The van der Waals surface area contributed by atoms with Gasteiger partial charge in [-0.15, -0.1) is 11.3 Å². The maximum absolute atomic E-state index is 12.2. The summed E-state index contributed by atoms with van der Waals surface area (Å²) in [5.41, 5.74) is -0.809. The highest BCUT2D eigenvalue weighted by molar-refractivity contribution is 7.76. The number of carbonyl (C=O) groups excluding carboxylic acids is 1. The standard InChI is InChI=1S/C9H9F3O2S.H3NO2S/c1-2-3-14-8(13)7-4-6(5-15-7)9(10,11)12;1-4(2)3/h4-5H,2-3H2,1H3;1H2,(H,2,3)/p-1. The van der Waals surface area contributed by atoms with Gasteiger partial charge in [0, 0.05) is 16.6 Å². The largest absolute Gasteiger partial charge is 0.760 e. The molecule has 0 aromatic carbocycles. The molecule has 0 spiro atoms.